The number of rotatable bonds is 3. The van der Waals surface area contributed by atoms with Crippen LogP contribution >= 0.6 is 23.2 Å². The molecule has 0 saturated carbocycles. The van der Waals surface area contributed by atoms with E-state index in [4.69, 9.17) is 33.7 Å². The fraction of sp³-hybridized carbons (Fsp3) is 0.125. The summed E-state index contributed by atoms with van der Waals surface area (Å²) in [4.78, 5) is 0. The molecule has 0 radical (unpaired) electrons. The van der Waals surface area contributed by atoms with Gasteiger partial charge in [0.2, 0.25) is 0 Å². The largest absolute Gasteiger partial charge is 0.488 e. The van der Waals surface area contributed by atoms with E-state index < -0.39 is 0 Å². The van der Waals surface area contributed by atoms with Gasteiger partial charge in [-0.05, 0) is 24.3 Å². The molecule has 2 rings (SSSR count). The first-order valence-electron chi connectivity index (χ1n) is 6.05. The fourth-order valence-electron chi connectivity index (χ4n) is 1.64. The lowest BCUT2D eigenvalue weighted by molar-refractivity contribution is 0.305. The number of ether oxygens (including phenoxy) is 1. The summed E-state index contributed by atoms with van der Waals surface area (Å²) in [7, 11) is 0. The maximum atomic E-state index is 6.11. The van der Waals surface area contributed by atoms with Crippen molar-refractivity contribution >= 4 is 23.2 Å². The summed E-state index contributed by atoms with van der Waals surface area (Å²) in [6, 6.07) is 12.9. The average Bonchev–Trinajstić information content (AvgIpc) is 2.45. The zero-order valence-corrected chi connectivity index (χ0v) is 12.2. The van der Waals surface area contributed by atoms with Crippen LogP contribution in [0.2, 0.25) is 10.0 Å². The Kier molecular flexibility index (Phi) is 5.31. The van der Waals surface area contributed by atoms with Crippen molar-refractivity contribution in [3.8, 4) is 17.6 Å². The van der Waals surface area contributed by atoms with Crippen molar-refractivity contribution in [1.82, 2.24) is 0 Å². The van der Waals surface area contributed by atoms with Crippen LogP contribution in [0.3, 0.4) is 0 Å². The highest BCUT2D eigenvalue weighted by atomic mass is 35.5. The van der Waals surface area contributed by atoms with Crippen molar-refractivity contribution < 1.29 is 4.74 Å². The molecule has 0 spiro atoms. The SMILES string of the molecule is NCC#Cc1ccccc1OCc1ccc(Cl)cc1Cl. The monoisotopic (exact) mass is 305 g/mol. The molecule has 0 aromatic heterocycles. The number of nitrogens with two attached hydrogens (primary N) is 1. The summed E-state index contributed by atoms with van der Waals surface area (Å²) in [6.45, 7) is 0.675. The topological polar surface area (TPSA) is 35.2 Å². The number of benzene rings is 2. The molecule has 0 atom stereocenters. The third-order valence-electron chi connectivity index (χ3n) is 2.61. The molecule has 2 aromatic rings. The molecule has 0 unspecified atom stereocenters. The molecular weight excluding hydrogens is 293 g/mol. The highest BCUT2D eigenvalue weighted by molar-refractivity contribution is 6.35. The Morgan fingerprint density at radius 3 is 2.65 bits per heavy atom. The molecule has 4 heteroatoms. The minimum atomic E-state index is 0.317. The lowest BCUT2D eigenvalue weighted by Gasteiger charge is -2.09. The Labute approximate surface area is 128 Å². The van der Waals surface area contributed by atoms with Gasteiger partial charge in [0.1, 0.15) is 12.4 Å². The van der Waals surface area contributed by atoms with Crippen LogP contribution < -0.4 is 10.5 Å². The molecule has 0 aliphatic carbocycles. The maximum Gasteiger partial charge on any atom is 0.135 e. The van der Waals surface area contributed by atoms with Gasteiger partial charge in [0, 0.05) is 15.6 Å². The molecule has 0 saturated heterocycles. The second-order valence-corrected chi connectivity index (χ2v) is 4.87. The Hall–Kier alpha value is -1.66. The number of hydrogen-bond donors (Lipinski definition) is 1. The Bertz CT molecular complexity index is 659. The van der Waals surface area contributed by atoms with Crippen molar-refractivity contribution in [2.24, 2.45) is 5.73 Å². The van der Waals surface area contributed by atoms with Crippen LogP contribution in [0.4, 0.5) is 0 Å². The van der Waals surface area contributed by atoms with Crippen LogP contribution in [0.25, 0.3) is 0 Å². The van der Waals surface area contributed by atoms with E-state index in [2.05, 4.69) is 11.8 Å². The van der Waals surface area contributed by atoms with Crippen LogP contribution in [0, 0.1) is 11.8 Å². The number of para-hydroxylation sites is 1. The minimum Gasteiger partial charge on any atom is -0.488 e. The van der Waals surface area contributed by atoms with Gasteiger partial charge in [-0.3, -0.25) is 0 Å². The summed E-state index contributed by atoms with van der Waals surface area (Å²) in [5.41, 5.74) is 7.06. The quantitative estimate of drug-likeness (QED) is 0.873. The van der Waals surface area contributed by atoms with E-state index in [-0.39, 0.29) is 0 Å². The molecule has 0 heterocycles. The molecule has 0 aliphatic heterocycles. The molecule has 20 heavy (non-hydrogen) atoms. The van der Waals surface area contributed by atoms with Crippen molar-refractivity contribution in [3.63, 3.8) is 0 Å². The molecule has 0 fully saturated rings. The Morgan fingerprint density at radius 2 is 1.90 bits per heavy atom. The van der Waals surface area contributed by atoms with Gasteiger partial charge >= 0.3 is 0 Å². The summed E-state index contributed by atoms with van der Waals surface area (Å²) in [5.74, 6) is 6.50. The number of halogens is 2. The van der Waals surface area contributed by atoms with Crippen LogP contribution in [-0.2, 0) is 6.61 Å². The Balaban J connectivity index is 2.14. The van der Waals surface area contributed by atoms with Crippen LogP contribution in [0.15, 0.2) is 42.5 Å². The summed E-state index contributed by atoms with van der Waals surface area (Å²) in [6.07, 6.45) is 0. The van der Waals surface area contributed by atoms with Gasteiger partial charge in [0.15, 0.2) is 0 Å². The van der Waals surface area contributed by atoms with E-state index in [1.807, 2.05) is 30.3 Å². The fourth-order valence-corrected chi connectivity index (χ4v) is 2.10. The third kappa shape index (κ3) is 3.91. The predicted molar refractivity (Wildman–Crippen MR) is 83.2 cm³/mol. The molecule has 102 valence electrons. The first-order valence-corrected chi connectivity index (χ1v) is 6.81. The zero-order chi connectivity index (χ0) is 14.4. The van der Waals surface area contributed by atoms with E-state index >= 15 is 0 Å². The van der Waals surface area contributed by atoms with Gasteiger partial charge in [-0.15, -0.1) is 0 Å². The second kappa shape index (κ2) is 7.21. The zero-order valence-electron chi connectivity index (χ0n) is 10.7. The highest BCUT2D eigenvalue weighted by Gasteiger charge is 2.04. The van der Waals surface area contributed by atoms with Crippen molar-refractivity contribution in [3.05, 3.63) is 63.6 Å². The molecule has 0 bridgehead atoms. The molecule has 2 aromatic carbocycles. The van der Waals surface area contributed by atoms with Crippen molar-refractivity contribution in [2.45, 2.75) is 6.61 Å². The lowest BCUT2D eigenvalue weighted by atomic mass is 10.2. The summed E-state index contributed by atoms with van der Waals surface area (Å²) >= 11 is 12.0. The van der Waals surface area contributed by atoms with E-state index in [0.717, 1.165) is 11.1 Å². The Morgan fingerprint density at radius 1 is 1.10 bits per heavy atom. The maximum absolute atomic E-state index is 6.11. The molecule has 0 aliphatic rings. The molecule has 0 amide bonds. The molecule has 2 nitrogen and oxygen atoms in total. The van der Waals surface area contributed by atoms with Crippen LogP contribution in [0.1, 0.15) is 11.1 Å². The predicted octanol–water partition coefficient (Wildman–Crippen LogP) is 3.88. The van der Waals surface area contributed by atoms with Crippen molar-refractivity contribution in [2.75, 3.05) is 6.54 Å². The highest BCUT2D eigenvalue weighted by Crippen LogP contribution is 2.24. The molecular formula is C16H13Cl2NO. The van der Waals surface area contributed by atoms with Crippen molar-refractivity contribution in [1.29, 1.82) is 0 Å². The van der Waals surface area contributed by atoms with E-state index in [1.165, 1.54) is 0 Å². The van der Waals surface area contributed by atoms with Gasteiger partial charge in [-0.2, -0.15) is 0 Å². The van der Waals surface area contributed by atoms with Crippen LogP contribution in [0.5, 0.6) is 5.75 Å². The molecule has 2 N–H and O–H groups in total. The average molecular weight is 306 g/mol. The van der Waals surface area contributed by atoms with E-state index in [0.29, 0.717) is 28.9 Å². The van der Waals surface area contributed by atoms with Gasteiger partial charge in [-0.25, -0.2) is 0 Å². The standard InChI is InChI=1S/C16H13Cl2NO/c17-14-8-7-13(15(18)10-14)11-20-16-6-2-1-4-12(16)5-3-9-19/h1-2,4,6-8,10H,9,11,19H2. The number of hydrogen-bond acceptors (Lipinski definition) is 2. The van der Waals surface area contributed by atoms with E-state index in [1.54, 1.807) is 12.1 Å². The first-order chi connectivity index (χ1) is 9.70. The first kappa shape index (κ1) is 14.7. The summed E-state index contributed by atoms with van der Waals surface area (Å²) in [5, 5.41) is 1.19. The second-order valence-electron chi connectivity index (χ2n) is 4.03. The van der Waals surface area contributed by atoms with Gasteiger partial charge in [-0.1, -0.05) is 53.2 Å². The van der Waals surface area contributed by atoms with Gasteiger partial charge in [0.25, 0.3) is 0 Å². The third-order valence-corrected chi connectivity index (χ3v) is 3.20. The smallest absolute Gasteiger partial charge is 0.135 e. The van der Waals surface area contributed by atoms with Gasteiger partial charge < -0.3 is 10.5 Å². The summed E-state index contributed by atoms with van der Waals surface area (Å²) < 4.78 is 5.77. The van der Waals surface area contributed by atoms with Crippen LogP contribution in [-0.4, -0.2) is 6.54 Å². The lowest BCUT2D eigenvalue weighted by Crippen LogP contribution is -1.98. The van der Waals surface area contributed by atoms with Gasteiger partial charge in [0.05, 0.1) is 12.1 Å². The van der Waals surface area contributed by atoms with E-state index in [9.17, 15) is 0 Å². The minimum absolute atomic E-state index is 0.317. The normalized spacial score (nSPS) is 9.75.